The lowest BCUT2D eigenvalue weighted by molar-refractivity contribution is 0.0640. The Balaban J connectivity index is 1.22. The van der Waals surface area contributed by atoms with Gasteiger partial charge in [-0.25, -0.2) is 16.8 Å². The molecule has 0 spiro atoms. The summed E-state index contributed by atoms with van der Waals surface area (Å²) in [5.41, 5.74) is 2.18. The van der Waals surface area contributed by atoms with Crippen molar-refractivity contribution in [3.05, 3.63) is 109 Å². The van der Waals surface area contributed by atoms with E-state index in [0.29, 0.717) is 23.0 Å². The Labute approximate surface area is 292 Å². The van der Waals surface area contributed by atoms with Gasteiger partial charge in [-0.3, -0.25) is 9.44 Å². The molecule has 12 nitrogen and oxygen atoms in total. The van der Waals surface area contributed by atoms with Crippen molar-refractivity contribution >= 4 is 43.6 Å². The van der Waals surface area contributed by atoms with Gasteiger partial charge in [-0.15, -0.1) is 0 Å². The number of anilines is 2. The van der Waals surface area contributed by atoms with Crippen LogP contribution in [0.2, 0.25) is 0 Å². The Hall–Kier alpha value is -5.02. The Morgan fingerprint density at radius 1 is 0.460 bits per heavy atom. The van der Waals surface area contributed by atoms with Crippen LogP contribution in [0, 0.1) is 0 Å². The van der Waals surface area contributed by atoms with Crippen molar-refractivity contribution in [1.82, 2.24) is 0 Å². The number of ether oxygens (including phenoxy) is 6. The van der Waals surface area contributed by atoms with E-state index in [-0.39, 0.29) is 74.0 Å². The lowest BCUT2D eigenvalue weighted by Gasteiger charge is -2.17. The first-order valence-electron chi connectivity index (χ1n) is 15.6. The average molecular weight is 723 g/mol. The molecule has 0 amide bonds. The minimum absolute atomic E-state index is 0.102. The molecule has 5 rings (SSSR count). The minimum Gasteiger partial charge on any atom is -0.487 e. The molecule has 0 aromatic heterocycles. The monoisotopic (exact) mass is 722 g/mol. The fourth-order valence-electron chi connectivity index (χ4n) is 4.65. The molecule has 0 saturated carbocycles. The highest BCUT2D eigenvalue weighted by atomic mass is 32.2. The third-order valence-electron chi connectivity index (χ3n) is 7.19. The molecule has 14 heteroatoms. The second kappa shape index (κ2) is 17.1. The van der Waals surface area contributed by atoms with Crippen molar-refractivity contribution in [3.8, 4) is 23.0 Å². The number of rotatable bonds is 8. The highest BCUT2D eigenvalue weighted by Gasteiger charge is 2.18. The highest BCUT2D eigenvalue weighted by molar-refractivity contribution is 7.93. The van der Waals surface area contributed by atoms with Crippen LogP contribution in [0.15, 0.2) is 108 Å². The SMILES string of the molecule is C=Cc1ccc(S(=O)(=O)Nc2ccc3c(c2)OCCOCCOc2cc(NS(=O)(=O)c4ccc(C=C)cc4)ccc2OCCOCCO3)cc1. The zero-order valence-electron chi connectivity index (χ0n) is 27.2. The summed E-state index contributed by atoms with van der Waals surface area (Å²) < 4.78 is 92.1. The van der Waals surface area contributed by atoms with Crippen LogP contribution in [0.5, 0.6) is 23.0 Å². The molecule has 1 heterocycles. The van der Waals surface area contributed by atoms with Crippen LogP contribution < -0.4 is 28.4 Å². The van der Waals surface area contributed by atoms with Gasteiger partial charge in [0.1, 0.15) is 26.4 Å². The first-order chi connectivity index (χ1) is 24.2. The summed E-state index contributed by atoms with van der Waals surface area (Å²) in [6.45, 7) is 8.85. The summed E-state index contributed by atoms with van der Waals surface area (Å²) in [5, 5.41) is 0. The molecule has 0 atom stereocenters. The van der Waals surface area contributed by atoms with Crippen molar-refractivity contribution in [2.24, 2.45) is 0 Å². The van der Waals surface area contributed by atoms with E-state index in [1.165, 1.54) is 24.3 Å². The standard InChI is InChI=1S/C36H38N2O10S2/c1-3-27-5-11-31(12-6-27)49(39,40)37-29-9-15-33-35(25-29)47-23-19-44-20-24-48-36-26-30(10-16-34(36)46-22-18-43-17-21-45-33)38-50(41,42)32-13-7-28(4-2)8-14-32/h3-16,25-26,37-38H,1-2,17-24H2. The number of fused-ring (bicyclic) bond motifs is 2. The van der Waals surface area contributed by atoms with E-state index in [9.17, 15) is 16.8 Å². The highest BCUT2D eigenvalue weighted by Crippen LogP contribution is 2.33. The number of benzene rings is 4. The Bertz CT molecular complexity index is 1840. The molecule has 0 fully saturated rings. The van der Waals surface area contributed by atoms with Crippen molar-refractivity contribution in [1.29, 1.82) is 0 Å². The maximum Gasteiger partial charge on any atom is 0.261 e. The van der Waals surface area contributed by atoms with Gasteiger partial charge in [0.15, 0.2) is 23.0 Å². The van der Waals surface area contributed by atoms with Gasteiger partial charge in [0.25, 0.3) is 20.0 Å². The summed E-state index contributed by atoms with van der Waals surface area (Å²) in [4.78, 5) is 0.205. The van der Waals surface area contributed by atoms with E-state index in [1.807, 2.05) is 0 Å². The van der Waals surface area contributed by atoms with E-state index >= 15 is 0 Å². The number of hydrogen-bond donors (Lipinski definition) is 2. The molecule has 4 aromatic carbocycles. The Kier molecular flexibility index (Phi) is 12.4. The first kappa shape index (κ1) is 36.3. The van der Waals surface area contributed by atoms with Gasteiger partial charge in [0, 0.05) is 12.1 Å². The molecule has 1 aliphatic rings. The second-order valence-electron chi connectivity index (χ2n) is 10.7. The fourth-order valence-corrected chi connectivity index (χ4v) is 6.75. The molecule has 2 N–H and O–H groups in total. The zero-order valence-corrected chi connectivity index (χ0v) is 28.8. The van der Waals surface area contributed by atoms with E-state index < -0.39 is 20.0 Å². The minimum atomic E-state index is -3.86. The van der Waals surface area contributed by atoms with Crippen LogP contribution in [-0.2, 0) is 29.5 Å². The van der Waals surface area contributed by atoms with Crippen molar-refractivity contribution in [2.45, 2.75) is 9.79 Å². The van der Waals surface area contributed by atoms with Gasteiger partial charge >= 0.3 is 0 Å². The molecule has 1 aliphatic heterocycles. The third-order valence-corrected chi connectivity index (χ3v) is 9.98. The smallest absolute Gasteiger partial charge is 0.261 e. The molecule has 50 heavy (non-hydrogen) atoms. The van der Waals surface area contributed by atoms with Gasteiger partial charge in [0.2, 0.25) is 0 Å². The molecular formula is C36H38N2O10S2. The summed E-state index contributed by atoms with van der Waals surface area (Å²) >= 11 is 0. The molecule has 0 bridgehead atoms. The predicted molar refractivity (Wildman–Crippen MR) is 191 cm³/mol. The van der Waals surface area contributed by atoms with Crippen LogP contribution in [0.4, 0.5) is 11.4 Å². The van der Waals surface area contributed by atoms with Crippen LogP contribution >= 0.6 is 0 Å². The summed E-state index contributed by atoms with van der Waals surface area (Å²) in [6, 6.07) is 22.2. The van der Waals surface area contributed by atoms with Gasteiger partial charge in [-0.2, -0.15) is 0 Å². The zero-order chi connectivity index (χ0) is 35.4. The summed E-state index contributed by atoms with van der Waals surface area (Å²) in [7, 11) is -7.73. The second-order valence-corrected chi connectivity index (χ2v) is 14.1. The summed E-state index contributed by atoms with van der Waals surface area (Å²) in [6.07, 6.45) is 3.26. The third kappa shape index (κ3) is 10.0. The summed E-state index contributed by atoms with van der Waals surface area (Å²) in [5.74, 6) is 1.44. The van der Waals surface area contributed by atoms with Crippen LogP contribution in [0.25, 0.3) is 12.2 Å². The van der Waals surface area contributed by atoms with Crippen LogP contribution in [-0.4, -0.2) is 69.7 Å². The van der Waals surface area contributed by atoms with E-state index in [4.69, 9.17) is 28.4 Å². The maximum absolute atomic E-state index is 13.0. The fraction of sp³-hybridized carbons (Fsp3) is 0.222. The topological polar surface area (TPSA) is 148 Å². The van der Waals surface area contributed by atoms with Crippen molar-refractivity contribution < 1.29 is 45.3 Å². The van der Waals surface area contributed by atoms with Crippen molar-refractivity contribution in [3.63, 3.8) is 0 Å². The van der Waals surface area contributed by atoms with E-state index in [0.717, 1.165) is 11.1 Å². The molecule has 0 unspecified atom stereocenters. The quantitative estimate of drug-likeness (QED) is 0.228. The molecule has 0 aliphatic carbocycles. The lowest BCUT2D eigenvalue weighted by atomic mass is 10.2. The molecular weight excluding hydrogens is 685 g/mol. The van der Waals surface area contributed by atoms with Crippen molar-refractivity contribution in [2.75, 3.05) is 62.3 Å². The van der Waals surface area contributed by atoms with Crippen LogP contribution in [0.3, 0.4) is 0 Å². The average Bonchev–Trinajstić information content (AvgIpc) is 3.11. The Morgan fingerprint density at radius 2 is 0.800 bits per heavy atom. The normalized spacial score (nSPS) is 14.7. The van der Waals surface area contributed by atoms with E-state index in [1.54, 1.807) is 72.8 Å². The largest absolute Gasteiger partial charge is 0.487 e. The van der Waals surface area contributed by atoms with Gasteiger partial charge < -0.3 is 28.4 Å². The maximum atomic E-state index is 13.0. The van der Waals surface area contributed by atoms with Gasteiger partial charge in [-0.1, -0.05) is 49.6 Å². The first-order valence-corrected chi connectivity index (χ1v) is 18.6. The van der Waals surface area contributed by atoms with Gasteiger partial charge in [0.05, 0.1) is 47.6 Å². The number of hydrogen-bond acceptors (Lipinski definition) is 10. The van der Waals surface area contributed by atoms with Gasteiger partial charge in [-0.05, 0) is 59.7 Å². The lowest BCUT2D eigenvalue weighted by Crippen LogP contribution is -2.16. The predicted octanol–water partition coefficient (Wildman–Crippen LogP) is 5.84. The molecule has 0 saturated heterocycles. The number of nitrogens with one attached hydrogen (secondary N) is 2. The molecule has 0 radical (unpaired) electrons. The molecule has 264 valence electrons. The van der Waals surface area contributed by atoms with E-state index in [2.05, 4.69) is 22.6 Å². The Morgan fingerprint density at radius 3 is 1.14 bits per heavy atom. The van der Waals surface area contributed by atoms with Crippen LogP contribution in [0.1, 0.15) is 11.1 Å². The number of sulfonamides is 2. The molecule has 4 aromatic rings.